The fourth-order valence-corrected chi connectivity index (χ4v) is 2.97. The third-order valence-corrected chi connectivity index (χ3v) is 4.68. The van der Waals surface area contributed by atoms with Crippen molar-refractivity contribution in [3.05, 3.63) is 72.3 Å². The Morgan fingerprint density at radius 2 is 1.63 bits per heavy atom. The monoisotopic (exact) mass is 407 g/mol. The molecule has 0 spiro atoms. The van der Waals surface area contributed by atoms with E-state index in [2.05, 4.69) is 0 Å². The number of para-hydroxylation sites is 1. The van der Waals surface area contributed by atoms with Crippen molar-refractivity contribution in [3.63, 3.8) is 0 Å². The number of rotatable bonds is 8. The van der Waals surface area contributed by atoms with Crippen LogP contribution in [0.1, 0.15) is 12.5 Å². The molecule has 0 aliphatic rings. The van der Waals surface area contributed by atoms with Gasteiger partial charge in [-0.3, -0.25) is 4.79 Å². The third-order valence-electron chi connectivity index (χ3n) is 4.68. The minimum atomic E-state index is -0.803. The molecule has 0 bridgehead atoms. The summed E-state index contributed by atoms with van der Waals surface area (Å²) in [5, 5.41) is 2.13. The highest BCUT2D eigenvalue weighted by Crippen LogP contribution is 2.22. The van der Waals surface area contributed by atoms with Crippen LogP contribution in [0.15, 0.2) is 66.7 Å². The summed E-state index contributed by atoms with van der Waals surface area (Å²) < 4.78 is 15.9. The van der Waals surface area contributed by atoms with Gasteiger partial charge in [0, 0.05) is 13.6 Å². The first kappa shape index (κ1) is 21.2. The Morgan fingerprint density at radius 3 is 2.37 bits per heavy atom. The Balaban J connectivity index is 1.51. The lowest BCUT2D eigenvalue weighted by Crippen LogP contribution is -2.34. The number of amides is 1. The zero-order chi connectivity index (χ0) is 21.5. The molecular weight excluding hydrogens is 382 g/mol. The molecule has 30 heavy (non-hydrogen) atoms. The molecule has 0 radical (unpaired) electrons. The van der Waals surface area contributed by atoms with Crippen LogP contribution in [0.25, 0.3) is 10.8 Å². The maximum atomic E-state index is 12.4. The Morgan fingerprint density at radius 1 is 0.933 bits per heavy atom. The second-order valence-electron chi connectivity index (χ2n) is 6.98. The van der Waals surface area contributed by atoms with E-state index >= 15 is 0 Å². The maximum absolute atomic E-state index is 12.4. The van der Waals surface area contributed by atoms with Gasteiger partial charge in [0.05, 0.1) is 7.11 Å². The topological polar surface area (TPSA) is 65.1 Å². The minimum absolute atomic E-state index is 0.287. The summed E-state index contributed by atoms with van der Waals surface area (Å²) in [6.07, 6.45) is -0.803. The third kappa shape index (κ3) is 5.50. The van der Waals surface area contributed by atoms with Crippen molar-refractivity contribution in [2.75, 3.05) is 20.8 Å². The molecule has 3 aromatic carbocycles. The standard InChI is InChI=1S/C24H25NO5/c1-17(30-21-7-5-4-6-8-21)24(27)29-16-23(26)25(2)15-18-9-10-20-14-22(28-3)12-11-19(20)13-18/h4-14,17H,15-16H2,1-3H3/t17-/m0/s1. The summed E-state index contributed by atoms with van der Waals surface area (Å²) in [7, 11) is 3.32. The van der Waals surface area contributed by atoms with E-state index in [1.165, 1.54) is 4.90 Å². The number of ether oxygens (including phenoxy) is 3. The van der Waals surface area contributed by atoms with Crippen LogP contribution in [0.3, 0.4) is 0 Å². The van der Waals surface area contributed by atoms with E-state index in [0.717, 1.165) is 22.1 Å². The smallest absolute Gasteiger partial charge is 0.347 e. The van der Waals surface area contributed by atoms with E-state index in [4.69, 9.17) is 14.2 Å². The molecule has 0 unspecified atom stereocenters. The molecule has 0 saturated carbocycles. The quantitative estimate of drug-likeness (QED) is 0.531. The number of hydrogen-bond donors (Lipinski definition) is 0. The normalized spacial score (nSPS) is 11.6. The molecule has 6 nitrogen and oxygen atoms in total. The molecule has 3 rings (SSSR count). The van der Waals surface area contributed by atoms with Crippen LogP contribution in [0.2, 0.25) is 0 Å². The van der Waals surface area contributed by atoms with Crippen molar-refractivity contribution in [2.24, 2.45) is 0 Å². The average molecular weight is 407 g/mol. The highest BCUT2D eigenvalue weighted by molar-refractivity contribution is 5.85. The van der Waals surface area contributed by atoms with Gasteiger partial charge in [-0.15, -0.1) is 0 Å². The molecule has 156 valence electrons. The fraction of sp³-hybridized carbons (Fsp3) is 0.250. The summed E-state index contributed by atoms with van der Waals surface area (Å²) in [5.74, 6) is 0.500. The minimum Gasteiger partial charge on any atom is -0.497 e. The van der Waals surface area contributed by atoms with Gasteiger partial charge in [0.2, 0.25) is 0 Å². The molecule has 1 atom stereocenters. The first-order chi connectivity index (χ1) is 14.5. The van der Waals surface area contributed by atoms with Crippen molar-refractivity contribution in [1.29, 1.82) is 0 Å². The summed E-state index contributed by atoms with van der Waals surface area (Å²) in [6, 6.07) is 20.8. The molecule has 0 fully saturated rings. The van der Waals surface area contributed by atoms with Crippen LogP contribution < -0.4 is 9.47 Å². The zero-order valence-corrected chi connectivity index (χ0v) is 17.3. The van der Waals surface area contributed by atoms with Crippen LogP contribution >= 0.6 is 0 Å². The van der Waals surface area contributed by atoms with Crippen LogP contribution in [0.4, 0.5) is 0 Å². The second-order valence-corrected chi connectivity index (χ2v) is 6.98. The average Bonchev–Trinajstić information content (AvgIpc) is 2.77. The van der Waals surface area contributed by atoms with Crippen LogP contribution in [-0.2, 0) is 20.9 Å². The lowest BCUT2D eigenvalue weighted by atomic mass is 10.1. The van der Waals surface area contributed by atoms with E-state index in [1.54, 1.807) is 33.2 Å². The van der Waals surface area contributed by atoms with Crippen molar-refractivity contribution in [2.45, 2.75) is 19.6 Å². The molecular formula is C24H25NO5. The Kier molecular flexibility index (Phi) is 6.91. The van der Waals surface area contributed by atoms with Crippen molar-refractivity contribution in [1.82, 2.24) is 4.90 Å². The first-order valence-corrected chi connectivity index (χ1v) is 9.65. The predicted octanol–water partition coefficient (Wildman–Crippen LogP) is 3.82. The molecule has 1 amide bonds. The maximum Gasteiger partial charge on any atom is 0.347 e. The number of nitrogens with zero attached hydrogens (tertiary/aromatic N) is 1. The fourth-order valence-electron chi connectivity index (χ4n) is 2.97. The largest absolute Gasteiger partial charge is 0.497 e. The molecule has 0 aliphatic carbocycles. The van der Waals surface area contributed by atoms with Gasteiger partial charge in [0.15, 0.2) is 12.7 Å². The molecule has 0 aliphatic heterocycles. The summed E-state index contributed by atoms with van der Waals surface area (Å²) >= 11 is 0. The van der Waals surface area contributed by atoms with Gasteiger partial charge in [0.25, 0.3) is 5.91 Å². The van der Waals surface area contributed by atoms with Gasteiger partial charge < -0.3 is 19.1 Å². The predicted molar refractivity (Wildman–Crippen MR) is 114 cm³/mol. The molecule has 0 aromatic heterocycles. The molecule has 0 heterocycles. The van der Waals surface area contributed by atoms with Gasteiger partial charge in [-0.1, -0.05) is 36.4 Å². The number of carbonyl (C=O) groups is 2. The van der Waals surface area contributed by atoms with Crippen molar-refractivity contribution < 1.29 is 23.8 Å². The second kappa shape index (κ2) is 9.78. The molecule has 3 aromatic rings. The number of likely N-dealkylation sites (N-methyl/N-ethyl adjacent to an activating group) is 1. The zero-order valence-electron chi connectivity index (χ0n) is 17.3. The molecule has 0 saturated heterocycles. The Hall–Kier alpha value is -3.54. The molecule has 6 heteroatoms. The van der Waals surface area contributed by atoms with Crippen molar-refractivity contribution in [3.8, 4) is 11.5 Å². The number of esters is 1. The number of methoxy groups -OCH3 is 1. The number of benzene rings is 3. The lowest BCUT2D eigenvalue weighted by molar-refractivity contribution is -0.157. The number of fused-ring (bicyclic) bond motifs is 1. The van der Waals surface area contributed by atoms with E-state index in [-0.39, 0.29) is 12.5 Å². The van der Waals surface area contributed by atoms with Gasteiger partial charge in [-0.05, 0) is 53.6 Å². The number of hydrogen-bond acceptors (Lipinski definition) is 5. The summed E-state index contributed by atoms with van der Waals surface area (Å²) in [5.41, 5.74) is 0.982. The van der Waals surface area contributed by atoms with E-state index < -0.39 is 12.1 Å². The highest BCUT2D eigenvalue weighted by Gasteiger charge is 2.19. The Bertz CT molecular complexity index is 1020. The first-order valence-electron chi connectivity index (χ1n) is 9.65. The number of carbonyl (C=O) groups excluding carboxylic acids is 2. The van der Waals surface area contributed by atoms with Crippen LogP contribution in [0.5, 0.6) is 11.5 Å². The van der Waals surface area contributed by atoms with Gasteiger partial charge in [-0.2, -0.15) is 0 Å². The Labute approximate surface area is 176 Å². The summed E-state index contributed by atoms with van der Waals surface area (Å²) in [4.78, 5) is 26.0. The van der Waals surface area contributed by atoms with Gasteiger partial charge in [0.1, 0.15) is 11.5 Å². The van der Waals surface area contributed by atoms with Crippen molar-refractivity contribution >= 4 is 22.6 Å². The van der Waals surface area contributed by atoms with E-state index in [9.17, 15) is 9.59 Å². The van der Waals surface area contributed by atoms with E-state index in [0.29, 0.717) is 12.3 Å². The van der Waals surface area contributed by atoms with Gasteiger partial charge >= 0.3 is 5.97 Å². The SMILES string of the molecule is COc1ccc2cc(CN(C)C(=O)COC(=O)[C@H](C)Oc3ccccc3)ccc2c1. The summed E-state index contributed by atoms with van der Waals surface area (Å²) in [6.45, 7) is 1.67. The van der Waals surface area contributed by atoms with Gasteiger partial charge in [-0.25, -0.2) is 4.79 Å². The van der Waals surface area contributed by atoms with Crippen LogP contribution in [0, 0.1) is 0 Å². The highest BCUT2D eigenvalue weighted by atomic mass is 16.6. The lowest BCUT2D eigenvalue weighted by Gasteiger charge is -2.19. The van der Waals surface area contributed by atoms with E-state index in [1.807, 2.05) is 54.6 Å². The molecule has 0 N–H and O–H groups in total. The van der Waals surface area contributed by atoms with Crippen LogP contribution in [-0.4, -0.2) is 43.6 Å².